The molecule has 1 saturated heterocycles. The van der Waals surface area contributed by atoms with Crippen molar-refractivity contribution in [1.82, 2.24) is 9.88 Å². The number of ether oxygens (including phenoxy) is 1. The van der Waals surface area contributed by atoms with E-state index in [4.69, 9.17) is 10.5 Å². The fourth-order valence-corrected chi connectivity index (χ4v) is 3.22. The third kappa shape index (κ3) is 4.47. The van der Waals surface area contributed by atoms with Crippen molar-refractivity contribution in [3.63, 3.8) is 0 Å². The van der Waals surface area contributed by atoms with Crippen molar-refractivity contribution in [3.05, 3.63) is 11.6 Å². The highest BCUT2D eigenvalue weighted by molar-refractivity contribution is 8.00. The van der Waals surface area contributed by atoms with Crippen LogP contribution in [0, 0.1) is 0 Å². The van der Waals surface area contributed by atoms with E-state index < -0.39 is 0 Å². The maximum absolute atomic E-state index is 5.93. The molecule has 2 heterocycles. The van der Waals surface area contributed by atoms with Crippen molar-refractivity contribution in [1.29, 1.82) is 0 Å². The van der Waals surface area contributed by atoms with Crippen molar-refractivity contribution in [2.24, 2.45) is 10.7 Å². The molecule has 5 nitrogen and oxygen atoms in total. The summed E-state index contributed by atoms with van der Waals surface area (Å²) in [6, 6.07) is 0. The Balaban J connectivity index is 1.61. The molecule has 0 radical (unpaired) electrons. The van der Waals surface area contributed by atoms with Crippen LogP contribution in [0.1, 0.15) is 6.42 Å². The number of rotatable bonds is 5. The van der Waals surface area contributed by atoms with Crippen LogP contribution in [0.25, 0.3) is 0 Å². The summed E-state index contributed by atoms with van der Waals surface area (Å²) in [6.45, 7) is 3.97. The Morgan fingerprint density at radius 2 is 2.39 bits per heavy atom. The Hall–Kier alpha value is -0.790. The molecule has 0 atom stereocenters. The zero-order valence-corrected chi connectivity index (χ0v) is 11.9. The highest BCUT2D eigenvalue weighted by Crippen LogP contribution is 2.20. The van der Waals surface area contributed by atoms with Gasteiger partial charge in [-0.2, -0.15) is 0 Å². The van der Waals surface area contributed by atoms with E-state index in [0.29, 0.717) is 5.96 Å². The molecule has 2 rings (SSSR count). The Kier molecular flexibility index (Phi) is 5.76. The molecular formula is C11H18N4OS2. The number of nitrogens with zero attached hydrogens (tertiary/aromatic N) is 3. The van der Waals surface area contributed by atoms with Gasteiger partial charge in [-0.3, -0.25) is 4.99 Å². The van der Waals surface area contributed by atoms with Gasteiger partial charge in [0, 0.05) is 37.0 Å². The second-order valence-electron chi connectivity index (χ2n) is 3.84. The van der Waals surface area contributed by atoms with Gasteiger partial charge in [0.05, 0.1) is 13.2 Å². The summed E-state index contributed by atoms with van der Waals surface area (Å²) in [4.78, 5) is 10.7. The molecule has 1 aromatic heterocycles. The molecule has 7 heteroatoms. The summed E-state index contributed by atoms with van der Waals surface area (Å²) in [5, 5.41) is 2.00. The minimum absolute atomic E-state index is 0.651. The molecule has 0 saturated carbocycles. The first-order valence-corrected chi connectivity index (χ1v) is 7.87. The highest BCUT2D eigenvalue weighted by Gasteiger charge is 2.11. The Morgan fingerprint density at radius 1 is 1.56 bits per heavy atom. The topological polar surface area (TPSA) is 63.7 Å². The van der Waals surface area contributed by atoms with E-state index in [1.807, 2.05) is 11.6 Å². The van der Waals surface area contributed by atoms with E-state index in [1.54, 1.807) is 23.1 Å². The lowest BCUT2D eigenvalue weighted by molar-refractivity contribution is 0.0674. The Morgan fingerprint density at radius 3 is 3.11 bits per heavy atom. The number of morpholine rings is 1. The van der Waals surface area contributed by atoms with Crippen molar-refractivity contribution < 1.29 is 4.74 Å². The fourth-order valence-electron chi connectivity index (χ4n) is 1.59. The van der Waals surface area contributed by atoms with Crippen LogP contribution in [0.2, 0.25) is 0 Å². The lowest BCUT2D eigenvalue weighted by atomic mass is 10.4. The first kappa shape index (κ1) is 13.6. The van der Waals surface area contributed by atoms with Gasteiger partial charge in [-0.05, 0) is 6.42 Å². The zero-order valence-electron chi connectivity index (χ0n) is 10.2. The predicted octanol–water partition coefficient (Wildman–Crippen LogP) is 1.27. The maximum atomic E-state index is 5.93. The Bertz CT molecular complexity index is 363. The molecule has 0 aliphatic carbocycles. The molecule has 100 valence electrons. The normalized spacial score (nSPS) is 17.1. The van der Waals surface area contributed by atoms with Crippen LogP contribution >= 0.6 is 23.1 Å². The second kappa shape index (κ2) is 7.60. The summed E-state index contributed by atoms with van der Waals surface area (Å²) in [5.41, 5.74) is 5.93. The van der Waals surface area contributed by atoms with Gasteiger partial charge in [-0.15, -0.1) is 11.3 Å². The van der Waals surface area contributed by atoms with Gasteiger partial charge in [0.15, 0.2) is 5.96 Å². The monoisotopic (exact) mass is 286 g/mol. The molecule has 0 spiro atoms. The highest BCUT2D eigenvalue weighted by atomic mass is 32.2. The van der Waals surface area contributed by atoms with Gasteiger partial charge < -0.3 is 15.4 Å². The molecule has 18 heavy (non-hydrogen) atoms. The summed E-state index contributed by atoms with van der Waals surface area (Å²) >= 11 is 3.46. The Labute approximate surface area is 115 Å². The van der Waals surface area contributed by atoms with E-state index in [2.05, 4.69) is 14.9 Å². The summed E-state index contributed by atoms with van der Waals surface area (Å²) in [5.74, 6) is 1.69. The molecule has 2 N–H and O–H groups in total. The number of aliphatic imine (C=N–C) groups is 1. The van der Waals surface area contributed by atoms with Crippen LogP contribution in [0.3, 0.4) is 0 Å². The minimum atomic E-state index is 0.651. The van der Waals surface area contributed by atoms with Crippen molar-refractivity contribution in [2.45, 2.75) is 10.8 Å². The number of hydrogen-bond acceptors (Lipinski definition) is 5. The fraction of sp³-hybridized carbons (Fsp3) is 0.636. The van der Waals surface area contributed by atoms with Crippen LogP contribution in [-0.4, -0.2) is 54.4 Å². The standard InChI is InChI=1S/C11H18N4OS2/c12-10(15-4-6-16-7-5-15)13-2-1-8-17-11-14-3-9-18-11/h3,9H,1-2,4-8H2,(H2,12,13). The lowest BCUT2D eigenvalue weighted by Gasteiger charge is -2.27. The SMILES string of the molecule is NC(=NCCCSc1nccs1)N1CCOCC1. The second-order valence-corrected chi connectivity index (χ2v) is 6.08. The number of guanidine groups is 1. The number of nitrogens with two attached hydrogens (primary N) is 1. The van der Waals surface area contributed by atoms with Crippen molar-refractivity contribution >= 4 is 29.1 Å². The van der Waals surface area contributed by atoms with Gasteiger partial charge in [0.2, 0.25) is 0 Å². The molecule has 1 aliphatic rings. The largest absolute Gasteiger partial charge is 0.378 e. The predicted molar refractivity (Wildman–Crippen MR) is 76.3 cm³/mol. The van der Waals surface area contributed by atoms with Crippen LogP contribution in [0.15, 0.2) is 20.9 Å². The number of thioether (sulfide) groups is 1. The van der Waals surface area contributed by atoms with Gasteiger partial charge in [-0.25, -0.2) is 4.98 Å². The van der Waals surface area contributed by atoms with Crippen molar-refractivity contribution in [2.75, 3.05) is 38.6 Å². The van der Waals surface area contributed by atoms with Crippen LogP contribution < -0.4 is 5.73 Å². The van der Waals surface area contributed by atoms with Gasteiger partial charge in [0.1, 0.15) is 4.34 Å². The third-order valence-corrected chi connectivity index (χ3v) is 4.60. The van der Waals surface area contributed by atoms with E-state index >= 15 is 0 Å². The maximum Gasteiger partial charge on any atom is 0.191 e. The number of hydrogen-bond donors (Lipinski definition) is 1. The molecule has 0 bridgehead atoms. The first-order valence-electron chi connectivity index (χ1n) is 6.01. The third-order valence-electron chi connectivity index (χ3n) is 2.55. The molecule has 1 aromatic rings. The number of thiazole rings is 1. The van der Waals surface area contributed by atoms with Crippen LogP contribution in [0.5, 0.6) is 0 Å². The van der Waals surface area contributed by atoms with Gasteiger partial charge in [-0.1, -0.05) is 11.8 Å². The first-order chi connectivity index (χ1) is 8.86. The quantitative estimate of drug-likeness (QED) is 0.382. The zero-order chi connectivity index (χ0) is 12.6. The molecule has 1 fully saturated rings. The average Bonchev–Trinajstić information content (AvgIpc) is 2.92. The van der Waals surface area contributed by atoms with Crippen molar-refractivity contribution in [3.8, 4) is 0 Å². The summed E-state index contributed by atoms with van der Waals surface area (Å²) < 4.78 is 6.40. The minimum Gasteiger partial charge on any atom is -0.378 e. The molecule has 0 amide bonds. The number of aromatic nitrogens is 1. The van der Waals surface area contributed by atoms with E-state index in [-0.39, 0.29) is 0 Å². The molecular weight excluding hydrogens is 268 g/mol. The average molecular weight is 286 g/mol. The smallest absolute Gasteiger partial charge is 0.191 e. The van der Waals surface area contributed by atoms with Gasteiger partial charge >= 0.3 is 0 Å². The summed E-state index contributed by atoms with van der Waals surface area (Å²) in [6.07, 6.45) is 2.86. The molecule has 0 unspecified atom stereocenters. The summed E-state index contributed by atoms with van der Waals surface area (Å²) in [7, 11) is 0. The van der Waals surface area contributed by atoms with E-state index in [9.17, 15) is 0 Å². The molecule has 1 aliphatic heterocycles. The molecule has 0 aromatic carbocycles. The van der Waals surface area contributed by atoms with Crippen LogP contribution in [-0.2, 0) is 4.74 Å². The van der Waals surface area contributed by atoms with Gasteiger partial charge in [0.25, 0.3) is 0 Å². The van der Waals surface area contributed by atoms with Crippen LogP contribution in [0.4, 0.5) is 0 Å². The lowest BCUT2D eigenvalue weighted by Crippen LogP contribution is -2.44. The van der Waals surface area contributed by atoms with E-state index in [1.165, 1.54) is 0 Å². The van der Waals surface area contributed by atoms with E-state index in [0.717, 1.165) is 49.4 Å².